The molecule has 0 aromatic rings. The lowest BCUT2D eigenvalue weighted by molar-refractivity contribution is 0.0397. The van der Waals surface area contributed by atoms with Crippen LogP contribution >= 0.6 is 0 Å². The smallest absolute Gasteiger partial charge is 0.0361 e. The molecular formula is C16H32N2. The van der Waals surface area contributed by atoms with Crippen molar-refractivity contribution >= 4 is 0 Å². The SMILES string of the molecule is C=C(CC)CC(NC)C1(N(C)C)CCCC(C)C1. The summed E-state index contributed by atoms with van der Waals surface area (Å²) >= 11 is 0. The largest absolute Gasteiger partial charge is 0.315 e. The summed E-state index contributed by atoms with van der Waals surface area (Å²) in [5, 5.41) is 3.58. The van der Waals surface area contributed by atoms with Crippen LogP contribution in [0.15, 0.2) is 12.2 Å². The van der Waals surface area contributed by atoms with Crippen molar-refractivity contribution in [1.29, 1.82) is 0 Å². The van der Waals surface area contributed by atoms with E-state index < -0.39 is 0 Å². The first kappa shape index (κ1) is 15.7. The van der Waals surface area contributed by atoms with Crippen molar-refractivity contribution in [2.45, 2.75) is 64.0 Å². The molecule has 0 aliphatic heterocycles. The molecule has 2 nitrogen and oxygen atoms in total. The molecule has 0 aromatic carbocycles. The first-order valence-electron chi connectivity index (χ1n) is 7.47. The summed E-state index contributed by atoms with van der Waals surface area (Å²) in [6.45, 7) is 8.82. The van der Waals surface area contributed by atoms with Crippen molar-refractivity contribution in [1.82, 2.24) is 10.2 Å². The second-order valence-corrected chi connectivity index (χ2v) is 6.35. The molecule has 1 fully saturated rings. The maximum absolute atomic E-state index is 4.21. The quantitative estimate of drug-likeness (QED) is 0.729. The maximum Gasteiger partial charge on any atom is 0.0361 e. The Morgan fingerprint density at radius 3 is 2.61 bits per heavy atom. The van der Waals surface area contributed by atoms with Gasteiger partial charge in [0.15, 0.2) is 0 Å². The van der Waals surface area contributed by atoms with Gasteiger partial charge in [-0.2, -0.15) is 0 Å². The molecule has 0 saturated heterocycles. The third-order valence-corrected chi connectivity index (χ3v) is 4.89. The van der Waals surface area contributed by atoms with Crippen LogP contribution < -0.4 is 5.32 Å². The molecule has 0 bridgehead atoms. The Bertz CT molecular complexity index is 272. The van der Waals surface area contributed by atoms with Gasteiger partial charge in [-0.3, -0.25) is 0 Å². The van der Waals surface area contributed by atoms with Gasteiger partial charge in [0.25, 0.3) is 0 Å². The van der Waals surface area contributed by atoms with Gasteiger partial charge in [0.1, 0.15) is 0 Å². The van der Waals surface area contributed by atoms with Crippen LogP contribution in [0.25, 0.3) is 0 Å². The summed E-state index contributed by atoms with van der Waals surface area (Å²) in [5.41, 5.74) is 1.68. The standard InChI is InChI=1S/C16H32N2/c1-7-13(2)11-15(17-4)16(18(5)6)10-8-9-14(3)12-16/h14-15,17H,2,7-12H2,1,3-6H3. The highest BCUT2D eigenvalue weighted by molar-refractivity contribution is 5.08. The van der Waals surface area contributed by atoms with E-state index >= 15 is 0 Å². The van der Waals surface area contributed by atoms with Gasteiger partial charge in [-0.05, 0) is 52.7 Å². The summed E-state index contributed by atoms with van der Waals surface area (Å²) in [6, 6.07) is 0.530. The number of likely N-dealkylation sites (N-methyl/N-ethyl adjacent to an activating group) is 2. The third-order valence-electron chi connectivity index (χ3n) is 4.89. The highest BCUT2D eigenvalue weighted by Crippen LogP contribution is 2.39. The molecule has 1 rings (SSSR count). The van der Waals surface area contributed by atoms with E-state index in [2.05, 4.69) is 51.8 Å². The number of rotatable bonds is 6. The minimum atomic E-state index is 0.310. The molecule has 0 spiro atoms. The van der Waals surface area contributed by atoms with Crippen molar-refractivity contribution in [3.05, 3.63) is 12.2 Å². The zero-order valence-corrected chi connectivity index (χ0v) is 13.1. The normalized spacial score (nSPS) is 30.4. The molecule has 1 saturated carbocycles. The zero-order chi connectivity index (χ0) is 13.8. The third kappa shape index (κ3) is 3.36. The monoisotopic (exact) mass is 252 g/mol. The number of hydrogen-bond acceptors (Lipinski definition) is 2. The van der Waals surface area contributed by atoms with Gasteiger partial charge in [-0.15, -0.1) is 0 Å². The van der Waals surface area contributed by atoms with E-state index in [4.69, 9.17) is 0 Å². The van der Waals surface area contributed by atoms with E-state index in [1.807, 2.05) is 0 Å². The summed E-state index contributed by atoms with van der Waals surface area (Å²) in [6.07, 6.45) is 7.57. The molecule has 106 valence electrons. The van der Waals surface area contributed by atoms with E-state index in [-0.39, 0.29) is 0 Å². The van der Waals surface area contributed by atoms with Crippen LogP contribution in [0, 0.1) is 5.92 Å². The first-order chi connectivity index (χ1) is 8.46. The van der Waals surface area contributed by atoms with Gasteiger partial charge < -0.3 is 10.2 Å². The van der Waals surface area contributed by atoms with E-state index in [1.54, 1.807) is 0 Å². The summed E-state index contributed by atoms with van der Waals surface area (Å²) in [4.78, 5) is 2.47. The summed E-state index contributed by atoms with van der Waals surface area (Å²) < 4.78 is 0. The Kier molecular flexibility index (Phi) is 5.87. The van der Waals surface area contributed by atoms with E-state index in [0.29, 0.717) is 11.6 Å². The van der Waals surface area contributed by atoms with Gasteiger partial charge >= 0.3 is 0 Å². The fraction of sp³-hybridized carbons (Fsp3) is 0.875. The van der Waals surface area contributed by atoms with Crippen LogP contribution in [0.4, 0.5) is 0 Å². The maximum atomic E-state index is 4.21. The summed E-state index contributed by atoms with van der Waals surface area (Å²) in [7, 11) is 6.60. The molecule has 0 heterocycles. The Morgan fingerprint density at radius 1 is 1.50 bits per heavy atom. The van der Waals surface area contributed by atoms with Gasteiger partial charge in [0.05, 0.1) is 0 Å². The minimum Gasteiger partial charge on any atom is -0.315 e. The lowest BCUT2D eigenvalue weighted by Crippen LogP contribution is -2.60. The molecule has 0 amide bonds. The predicted molar refractivity (Wildman–Crippen MR) is 80.9 cm³/mol. The van der Waals surface area contributed by atoms with Gasteiger partial charge in [0.2, 0.25) is 0 Å². The highest BCUT2D eigenvalue weighted by Gasteiger charge is 2.42. The molecule has 0 radical (unpaired) electrons. The van der Waals surface area contributed by atoms with E-state index in [0.717, 1.165) is 18.8 Å². The molecule has 1 aliphatic carbocycles. The zero-order valence-electron chi connectivity index (χ0n) is 13.1. The van der Waals surface area contributed by atoms with Crippen LogP contribution in [0.3, 0.4) is 0 Å². The Morgan fingerprint density at radius 2 is 2.17 bits per heavy atom. The molecule has 3 unspecified atom stereocenters. The first-order valence-corrected chi connectivity index (χ1v) is 7.47. The minimum absolute atomic E-state index is 0.310. The number of hydrogen-bond donors (Lipinski definition) is 1. The van der Waals surface area contributed by atoms with Crippen molar-refractivity contribution in [2.24, 2.45) is 5.92 Å². The Balaban J connectivity index is 2.89. The average molecular weight is 252 g/mol. The Hall–Kier alpha value is -0.340. The molecule has 1 aliphatic rings. The molecule has 0 aromatic heterocycles. The lowest BCUT2D eigenvalue weighted by Gasteiger charge is -2.50. The molecule has 18 heavy (non-hydrogen) atoms. The van der Waals surface area contributed by atoms with Crippen molar-refractivity contribution < 1.29 is 0 Å². The van der Waals surface area contributed by atoms with E-state index in [1.165, 1.54) is 31.3 Å². The number of nitrogens with zero attached hydrogens (tertiary/aromatic N) is 1. The Labute approximate surface area is 114 Å². The molecule has 3 atom stereocenters. The van der Waals surface area contributed by atoms with Crippen LogP contribution in [-0.4, -0.2) is 37.6 Å². The van der Waals surface area contributed by atoms with Crippen LogP contribution in [0.5, 0.6) is 0 Å². The number of nitrogens with one attached hydrogen (secondary N) is 1. The predicted octanol–water partition coefficient (Wildman–Crippen LogP) is 3.44. The molecular weight excluding hydrogens is 220 g/mol. The van der Waals surface area contributed by atoms with Gasteiger partial charge in [0, 0.05) is 11.6 Å². The average Bonchev–Trinajstić information content (AvgIpc) is 2.35. The van der Waals surface area contributed by atoms with Crippen LogP contribution in [-0.2, 0) is 0 Å². The summed E-state index contributed by atoms with van der Waals surface area (Å²) in [5.74, 6) is 0.840. The van der Waals surface area contributed by atoms with Crippen molar-refractivity contribution in [3.8, 4) is 0 Å². The van der Waals surface area contributed by atoms with Crippen LogP contribution in [0.1, 0.15) is 52.4 Å². The molecule has 1 N–H and O–H groups in total. The fourth-order valence-corrected chi connectivity index (χ4v) is 3.59. The lowest BCUT2D eigenvalue weighted by atomic mass is 9.70. The second kappa shape index (κ2) is 6.72. The van der Waals surface area contributed by atoms with Gasteiger partial charge in [-0.25, -0.2) is 0 Å². The fourth-order valence-electron chi connectivity index (χ4n) is 3.59. The van der Waals surface area contributed by atoms with E-state index in [9.17, 15) is 0 Å². The van der Waals surface area contributed by atoms with Crippen LogP contribution in [0.2, 0.25) is 0 Å². The van der Waals surface area contributed by atoms with Crippen molar-refractivity contribution in [2.75, 3.05) is 21.1 Å². The highest BCUT2D eigenvalue weighted by atomic mass is 15.2. The topological polar surface area (TPSA) is 15.3 Å². The second-order valence-electron chi connectivity index (χ2n) is 6.35. The van der Waals surface area contributed by atoms with Gasteiger partial charge in [-0.1, -0.05) is 38.8 Å². The van der Waals surface area contributed by atoms with Crippen molar-refractivity contribution in [3.63, 3.8) is 0 Å². The molecule has 2 heteroatoms.